The molecule has 30 heavy (non-hydrogen) atoms. The summed E-state index contributed by atoms with van der Waals surface area (Å²) >= 11 is 0. The van der Waals surface area contributed by atoms with Crippen LogP contribution in [-0.4, -0.2) is 30.1 Å². The van der Waals surface area contributed by atoms with E-state index < -0.39 is 36.0 Å². The summed E-state index contributed by atoms with van der Waals surface area (Å²) in [5.74, 6) is -2.82. The van der Waals surface area contributed by atoms with Crippen LogP contribution in [0.25, 0.3) is 0 Å². The zero-order valence-corrected chi connectivity index (χ0v) is 17.4. The number of esters is 3. The normalized spacial score (nSPS) is 36.9. The van der Waals surface area contributed by atoms with E-state index in [-0.39, 0.29) is 34.9 Å². The molecule has 3 aliphatic carbocycles. The molecule has 7 atom stereocenters. The van der Waals surface area contributed by atoms with E-state index in [2.05, 4.69) is 26.5 Å². The Labute approximate surface area is 175 Å². The first-order chi connectivity index (χ1) is 14.2. The summed E-state index contributed by atoms with van der Waals surface area (Å²) in [6.45, 7) is 9.37. The Hall–Kier alpha value is -2.63. The molecule has 6 nitrogen and oxygen atoms in total. The Morgan fingerprint density at radius 3 is 2.63 bits per heavy atom. The van der Waals surface area contributed by atoms with Gasteiger partial charge in [0.15, 0.2) is 0 Å². The summed E-state index contributed by atoms with van der Waals surface area (Å²) in [6, 6.07) is 8.00. The number of carbonyl (C=O) groups excluding carboxylic acids is 3. The first kappa shape index (κ1) is 19.3. The minimum atomic E-state index is -0.646. The summed E-state index contributed by atoms with van der Waals surface area (Å²) in [4.78, 5) is 38.1. The van der Waals surface area contributed by atoms with Crippen LogP contribution < -0.4 is 0 Å². The van der Waals surface area contributed by atoms with Crippen LogP contribution in [0.3, 0.4) is 0 Å². The molecule has 0 N–H and O–H groups in total. The van der Waals surface area contributed by atoms with Crippen LogP contribution in [0.1, 0.15) is 44.4 Å². The van der Waals surface area contributed by atoms with E-state index in [0.29, 0.717) is 6.42 Å². The molecule has 0 aromatic heterocycles. The van der Waals surface area contributed by atoms with Crippen molar-refractivity contribution in [3.8, 4) is 0 Å². The predicted octanol–water partition coefficient (Wildman–Crippen LogP) is 3.15. The van der Waals surface area contributed by atoms with Crippen molar-refractivity contribution < 1.29 is 28.6 Å². The van der Waals surface area contributed by atoms with E-state index >= 15 is 0 Å². The second-order valence-corrected chi connectivity index (χ2v) is 9.85. The van der Waals surface area contributed by atoms with E-state index in [4.69, 9.17) is 14.2 Å². The summed E-state index contributed by atoms with van der Waals surface area (Å²) in [7, 11) is 0. The van der Waals surface area contributed by atoms with Crippen molar-refractivity contribution in [3.05, 3.63) is 47.5 Å². The second kappa shape index (κ2) is 6.43. The van der Waals surface area contributed by atoms with Gasteiger partial charge in [-0.3, -0.25) is 9.59 Å². The highest BCUT2D eigenvalue weighted by molar-refractivity contribution is 5.88. The zero-order chi connectivity index (χ0) is 21.4. The van der Waals surface area contributed by atoms with Gasteiger partial charge in [0.2, 0.25) is 0 Å². The maximum Gasteiger partial charge on any atom is 0.333 e. The van der Waals surface area contributed by atoms with Gasteiger partial charge in [-0.1, -0.05) is 44.7 Å². The van der Waals surface area contributed by atoms with Crippen molar-refractivity contribution in [2.24, 2.45) is 29.1 Å². The van der Waals surface area contributed by atoms with Gasteiger partial charge in [0, 0.05) is 22.8 Å². The lowest BCUT2D eigenvalue weighted by atomic mass is 9.78. The summed E-state index contributed by atoms with van der Waals surface area (Å²) in [5, 5.41) is 0. The lowest BCUT2D eigenvalue weighted by Crippen LogP contribution is -2.44. The van der Waals surface area contributed by atoms with Gasteiger partial charge in [-0.25, -0.2) is 4.79 Å². The van der Waals surface area contributed by atoms with E-state index in [9.17, 15) is 14.4 Å². The minimum absolute atomic E-state index is 0.105. The molecule has 1 heterocycles. The zero-order valence-electron chi connectivity index (χ0n) is 17.4. The Morgan fingerprint density at radius 2 is 1.90 bits per heavy atom. The molecule has 1 aromatic rings. The van der Waals surface area contributed by atoms with Gasteiger partial charge in [-0.05, 0) is 30.9 Å². The molecule has 0 amide bonds. The van der Waals surface area contributed by atoms with Crippen molar-refractivity contribution in [1.82, 2.24) is 0 Å². The fraction of sp³-hybridized carbons (Fsp3) is 0.542. The molecule has 2 bridgehead atoms. The third-order valence-electron chi connectivity index (χ3n) is 7.34. The molecule has 2 saturated carbocycles. The van der Waals surface area contributed by atoms with Crippen molar-refractivity contribution in [2.75, 3.05) is 0 Å². The molecule has 1 aromatic carbocycles. The van der Waals surface area contributed by atoms with Gasteiger partial charge >= 0.3 is 17.9 Å². The van der Waals surface area contributed by atoms with Crippen LogP contribution in [-0.2, 0) is 35.0 Å². The summed E-state index contributed by atoms with van der Waals surface area (Å²) in [5.41, 5.74) is 2.25. The standard InChI is InChI=1S/C24H26O6/c1-11(2)21(25)28-18-15-9-14-16(22(26)29-19(14)18)17(15)23(27)30-20-13-8-6-5-7-12(13)10-24(20,3)4/h5-8,14-20H,1,9-10H2,2-4H3. The lowest BCUT2D eigenvalue weighted by molar-refractivity contribution is -0.170. The average molecular weight is 410 g/mol. The smallest absolute Gasteiger partial charge is 0.333 e. The first-order valence-electron chi connectivity index (χ1n) is 10.5. The number of hydrogen-bond acceptors (Lipinski definition) is 6. The van der Waals surface area contributed by atoms with Gasteiger partial charge in [-0.15, -0.1) is 0 Å². The molecule has 5 rings (SSSR count). The number of hydrogen-bond donors (Lipinski definition) is 0. The van der Waals surface area contributed by atoms with Crippen LogP contribution in [0.5, 0.6) is 0 Å². The molecule has 0 spiro atoms. The SMILES string of the molecule is C=C(C)C(=O)OC1C2CC3C1OC(=O)C3C2C(=O)OC1c2ccccc2CC1(C)C. The van der Waals surface area contributed by atoms with Crippen LogP contribution in [0, 0.1) is 29.1 Å². The summed E-state index contributed by atoms with van der Waals surface area (Å²) < 4.78 is 17.2. The molecule has 7 unspecified atom stereocenters. The molecule has 0 radical (unpaired) electrons. The molecule has 4 aliphatic rings. The number of ether oxygens (including phenoxy) is 3. The van der Waals surface area contributed by atoms with Crippen LogP contribution in [0.15, 0.2) is 36.4 Å². The highest BCUT2D eigenvalue weighted by atomic mass is 16.6. The molecular weight excluding hydrogens is 384 g/mol. The number of benzene rings is 1. The van der Waals surface area contributed by atoms with E-state index in [1.165, 1.54) is 5.56 Å². The fourth-order valence-electron chi connectivity index (χ4n) is 6.07. The topological polar surface area (TPSA) is 78.9 Å². The molecule has 3 fully saturated rings. The van der Waals surface area contributed by atoms with E-state index in [1.807, 2.05) is 18.2 Å². The monoisotopic (exact) mass is 410 g/mol. The quantitative estimate of drug-likeness (QED) is 0.431. The highest BCUT2D eigenvalue weighted by Gasteiger charge is 2.70. The lowest BCUT2D eigenvalue weighted by Gasteiger charge is -2.33. The van der Waals surface area contributed by atoms with Crippen molar-refractivity contribution in [1.29, 1.82) is 0 Å². The van der Waals surface area contributed by atoms with Gasteiger partial charge < -0.3 is 14.2 Å². The van der Waals surface area contributed by atoms with Gasteiger partial charge in [0.05, 0.1) is 11.8 Å². The molecule has 158 valence electrons. The third kappa shape index (κ3) is 2.65. The Bertz CT molecular complexity index is 962. The average Bonchev–Trinajstić information content (AvgIpc) is 3.35. The molecule has 6 heteroatoms. The van der Waals surface area contributed by atoms with Crippen LogP contribution >= 0.6 is 0 Å². The number of rotatable bonds is 4. The minimum Gasteiger partial charge on any atom is -0.458 e. The predicted molar refractivity (Wildman–Crippen MR) is 106 cm³/mol. The van der Waals surface area contributed by atoms with Crippen molar-refractivity contribution in [2.45, 2.75) is 51.9 Å². The van der Waals surface area contributed by atoms with Gasteiger partial charge in [0.25, 0.3) is 0 Å². The summed E-state index contributed by atoms with van der Waals surface area (Å²) in [6.07, 6.45) is -0.0130. The van der Waals surface area contributed by atoms with Gasteiger partial charge in [0.1, 0.15) is 18.3 Å². The van der Waals surface area contributed by atoms with Crippen LogP contribution in [0.2, 0.25) is 0 Å². The number of fused-ring (bicyclic) bond motifs is 2. The third-order valence-corrected chi connectivity index (χ3v) is 7.34. The van der Waals surface area contributed by atoms with E-state index in [0.717, 1.165) is 12.0 Å². The van der Waals surface area contributed by atoms with Crippen LogP contribution in [0.4, 0.5) is 0 Å². The maximum absolute atomic E-state index is 13.4. The fourth-order valence-corrected chi connectivity index (χ4v) is 6.07. The van der Waals surface area contributed by atoms with E-state index in [1.54, 1.807) is 6.92 Å². The Kier molecular flexibility index (Phi) is 4.15. The van der Waals surface area contributed by atoms with Gasteiger partial charge in [-0.2, -0.15) is 0 Å². The molecule has 1 aliphatic heterocycles. The maximum atomic E-state index is 13.4. The molecule has 1 saturated heterocycles. The van der Waals surface area contributed by atoms with Crippen molar-refractivity contribution in [3.63, 3.8) is 0 Å². The Balaban J connectivity index is 1.41. The first-order valence-corrected chi connectivity index (χ1v) is 10.5. The number of carbonyl (C=O) groups is 3. The largest absolute Gasteiger partial charge is 0.458 e. The Morgan fingerprint density at radius 1 is 1.17 bits per heavy atom. The second-order valence-electron chi connectivity index (χ2n) is 9.85. The highest BCUT2D eigenvalue weighted by Crippen LogP contribution is 2.59. The molecular formula is C24H26O6. The van der Waals surface area contributed by atoms with Crippen molar-refractivity contribution >= 4 is 17.9 Å².